The number of anilines is 2. The largest absolute Gasteiger partial charge is 0.392 e. The lowest BCUT2D eigenvalue weighted by molar-refractivity contribution is 0.175. The minimum Gasteiger partial charge on any atom is -0.392 e. The monoisotopic (exact) mass is 453 g/mol. The molecule has 1 atom stereocenters. The molecule has 4 heterocycles. The van der Waals surface area contributed by atoms with Gasteiger partial charge < -0.3 is 10.4 Å². The number of pyridine rings is 1. The van der Waals surface area contributed by atoms with Gasteiger partial charge in [-0.05, 0) is 48.7 Å². The Morgan fingerprint density at radius 2 is 1.68 bits per heavy atom. The third kappa shape index (κ3) is 5.59. The molecule has 0 unspecified atom stereocenters. The van der Waals surface area contributed by atoms with Crippen LogP contribution in [-0.4, -0.2) is 54.1 Å². The van der Waals surface area contributed by atoms with Crippen molar-refractivity contribution >= 4 is 11.6 Å². The number of rotatable bonds is 7. The Labute approximate surface area is 198 Å². The van der Waals surface area contributed by atoms with E-state index in [1.165, 1.54) is 5.56 Å². The van der Waals surface area contributed by atoms with Crippen molar-refractivity contribution in [2.75, 3.05) is 18.4 Å². The van der Waals surface area contributed by atoms with E-state index in [0.29, 0.717) is 23.9 Å². The second kappa shape index (κ2) is 10.0. The Bertz CT molecular complexity index is 1260. The van der Waals surface area contributed by atoms with E-state index in [-0.39, 0.29) is 6.10 Å². The van der Waals surface area contributed by atoms with Gasteiger partial charge in [0.15, 0.2) is 5.82 Å². The van der Waals surface area contributed by atoms with Crippen molar-refractivity contribution in [1.29, 1.82) is 0 Å². The molecule has 0 radical (unpaired) electrons. The standard InChI is InChI=1S/C26H27N7O/c1-18-3-2-4-22(29-18)26-28-13-10-24(32-26)30-23-9-12-27-25(31-23)15-19-5-7-20(8-6-19)16-33-14-11-21(34)17-33/h2-10,12-13,21,34H,11,14-17H2,1H3,(H,27,28,30,31,32)/t21-/m1/s1. The molecule has 34 heavy (non-hydrogen) atoms. The molecule has 0 saturated carbocycles. The minimum absolute atomic E-state index is 0.189. The first-order valence-electron chi connectivity index (χ1n) is 11.4. The normalized spacial score (nSPS) is 16.0. The number of nitrogens with zero attached hydrogens (tertiary/aromatic N) is 6. The number of benzene rings is 1. The summed E-state index contributed by atoms with van der Waals surface area (Å²) in [4.78, 5) is 24.8. The number of β-amino-alcohol motifs (C(OH)–C–C–N with tert-alkyl or cyclic N) is 1. The van der Waals surface area contributed by atoms with Gasteiger partial charge in [-0.15, -0.1) is 0 Å². The molecule has 1 aliphatic rings. The molecule has 2 N–H and O–H groups in total. The number of aromatic nitrogens is 5. The van der Waals surface area contributed by atoms with Crippen LogP contribution in [-0.2, 0) is 13.0 Å². The van der Waals surface area contributed by atoms with Crippen LogP contribution in [0, 0.1) is 6.92 Å². The van der Waals surface area contributed by atoms with Gasteiger partial charge in [0.05, 0.1) is 6.10 Å². The van der Waals surface area contributed by atoms with Gasteiger partial charge in [0.1, 0.15) is 23.2 Å². The van der Waals surface area contributed by atoms with Crippen LogP contribution >= 0.6 is 0 Å². The molecule has 5 rings (SSSR count). The topological polar surface area (TPSA) is 100.0 Å². The van der Waals surface area contributed by atoms with Crippen molar-refractivity contribution < 1.29 is 5.11 Å². The van der Waals surface area contributed by atoms with Crippen LogP contribution < -0.4 is 5.32 Å². The number of hydrogen-bond acceptors (Lipinski definition) is 8. The summed E-state index contributed by atoms with van der Waals surface area (Å²) in [6.45, 7) is 4.52. The van der Waals surface area contributed by atoms with Gasteiger partial charge in [-0.3, -0.25) is 4.90 Å². The van der Waals surface area contributed by atoms with E-state index in [1.54, 1.807) is 18.5 Å². The van der Waals surface area contributed by atoms with Crippen LogP contribution in [0.2, 0.25) is 0 Å². The summed E-state index contributed by atoms with van der Waals surface area (Å²) in [6.07, 6.45) is 4.77. The second-order valence-corrected chi connectivity index (χ2v) is 8.58. The zero-order chi connectivity index (χ0) is 23.3. The van der Waals surface area contributed by atoms with Crippen molar-refractivity contribution in [3.05, 3.63) is 89.6 Å². The molecule has 1 aliphatic heterocycles. The SMILES string of the molecule is Cc1cccc(-c2nccc(Nc3ccnc(Cc4ccc(CN5CC[C@@H](O)C5)cc4)n3)n2)n1. The van der Waals surface area contributed by atoms with Crippen molar-refractivity contribution in [3.8, 4) is 11.5 Å². The highest BCUT2D eigenvalue weighted by molar-refractivity contribution is 5.56. The molecular formula is C26H27N7O. The molecule has 0 aliphatic carbocycles. The first-order valence-corrected chi connectivity index (χ1v) is 11.4. The highest BCUT2D eigenvalue weighted by Crippen LogP contribution is 2.18. The van der Waals surface area contributed by atoms with Crippen molar-refractivity contribution in [2.24, 2.45) is 0 Å². The minimum atomic E-state index is -0.189. The molecule has 1 aromatic carbocycles. The number of aryl methyl sites for hydroxylation is 1. The maximum Gasteiger partial charge on any atom is 0.180 e. The zero-order valence-electron chi connectivity index (χ0n) is 19.1. The predicted octanol–water partition coefficient (Wildman–Crippen LogP) is 3.54. The maximum absolute atomic E-state index is 9.71. The Hall–Kier alpha value is -3.75. The second-order valence-electron chi connectivity index (χ2n) is 8.58. The molecule has 4 aromatic rings. The summed E-state index contributed by atoms with van der Waals surface area (Å²) in [5.74, 6) is 2.62. The van der Waals surface area contributed by atoms with E-state index in [9.17, 15) is 5.11 Å². The van der Waals surface area contributed by atoms with Gasteiger partial charge >= 0.3 is 0 Å². The summed E-state index contributed by atoms with van der Waals surface area (Å²) in [5, 5.41) is 13.0. The molecule has 0 amide bonds. The molecule has 1 saturated heterocycles. The Balaban J connectivity index is 1.24. The Kier molecular flexibility index (Phi) is 6.51. The number of hydrogen-bond donors (Lipinski definition) is 2. The van der Waals surface area contributed by atoms with E-state index in [2.05, 4.69) is 59.4 Å². The molecule has 8 heteroatoms. The van der Waals surface area contributed by atoms with E-state index in [0.717, 1.165) is 48.8 Å². The van der Waals surface area contributed by atoms with Crippen LogP contribution in [0.3, 0.4) is 0 Å². The van der Waals surface area contributed by atoms with Crippen LogP contribution in [0.5, 0.6) is 0 Å². The fraction of sp³-hybridized carbons (Fsp3) is 0.269. The Morgan fingerprint density at radius 1 is 0.912 bits per heavy atom. The van der Waals surface area contributed by atoms with E-state index in [4.69, 9.17) is 0 Å². The molecule has 172 valence electrons. The summed E-state index contributed by atoms with van der Waals surface area (Å²) in [5.41, 5.74) is 4.05. The smallest absolute Gasteiger partial charge is 0.180 e. The van der Waals surface area contributed by atoms with E-state index >= 15 is 0 Å². The van der Waals surface area contributed by atoms with Crippen LogP contribution in [0.4, 0.5) is 11.6 Å². The fourth-order valence-corrected chi connectivity index (χ4v) is 4.06. The fourth-order valence-electron chi connectivity index (χ4n) is 4.06. The number of aliphatic hydroxyl groups is 1. The van der Waals surface area contributed by atoms with Crippen molar-refractivity contribution in [2.45, 2.75) is 32.4 Å². The lowest BCUT2D eigenvalue weighted by atomic mass is 10.1. The molecule has 0 bridgehead atoms. The maximum atomic E-state index is 9.71. The quantitative estimate of drug-likeness (QED) is 0.438. The van der Waals surface area contributed by atoms with E-state index in [1.807, 2.05) is 31.2 Å². The molecule has 8 nitrogen and oxygen atoms in total. The summed E-state index contributed by atoms with van der Waals surface area (Å²) < 4.78 is 0. The molecule has 3 aromatic heterocycles. The first kappa shape index (κ1) is 22.1. The average Bonchev–Trinajstić information content (AvgIpc) is 3.25. The van der Waals surface area contributed by atoms with Crippen molar-refractivity contribution in [3.63, 3.8) is 0 Å². The average molecular weight is 454 g/mol. The summed E-state index contributed by atoms with van der Waals surface area (Å²) in [6, 6.07) is 17.9. The lowest BCUT2D eigenvalue weighted by Crippen LogP contribution is -2.21. The van der Waals surface area contributed by atoms with Crippen LogP contribution in [0.15, 0.2) is 67.0 Å². The summed E-state index contributed by atoms with van der Waals surface area (Å²) >= 11 is 0. The van der Waals surface area contributed by atoms with Crippen LogP contribution in [0.25, 0.3) is 11.5 Å². The number of likely N-dealkylation sites (tertiary alicyclic amines) is 1. The van der Waals surface area contributed by atoms with Gasteiger partial charge in [0, 0.05) is 44.1 Å². The highest BCUT2D eigenvalue weighted by atomic mass is 16.3. The van der Waals surface area contributed by atoms with Crippen molar-refractivity contribution in [1.82, 2.24) is 29.8 Å². The van der Waals surface area contributed by atoms with E-state index < -0.39 is 0 Å². The van der Waals surface area contributed by atoms with Gasteiger partial charge in [-0.25, -0.2) is 24.9 Å². The lowest BCUT2D eigenvalue weighted by Gasteiger charge is -2.15. The highest BCUT2D eigenvalue weighted by Gasteiger charge is 2.19. The Morgan fingerprint density at radius 3 is 2.44 bits per heavy atom. The third-order valence-electron chi connectivity index (χ3n) is 5.77. The van der Waals surface area contributed by atoms with Gasteiger partial charge in [-0.1, -0.05) is 30.3 Å². The molecule has 1 fully saturated rings. The zero-order valence-corrected chi connectivity index (χ0v) is 19.1. The van der Waals surface area contributed by atoms with Gasteiger partial charge in [-0.2, -0.15) is 0 Å². The predicted molar refractivity (Wildman–Crippen MR) is 130 cm³/mol. The number of nitrogens with one attached hydrogen (secondary N) is 1. The number of aliphatic hydroxyl groups excluding tert-OH is 1. The van der Waals surface area contributed by atoms with Crippen LogP contribution in [0.1, 0.15) is 29.1 Å². The molecule has 0 spiro atoms. The van der Waals surface area contributed by atoms with Gasteiger partial charge in [0.25, 0.3) is 0 Å². The first-order chi connectivity index (χ1) is 16.6. The third-order valence-corrected chi connectivity index (χ3v) is 5.77. The summed E-state index contributed by atoms with van der Waals surface area (Å²) in [7, 11) is 0. The molecular weight excluding hydrogens is 426 g/mol. The van der Waals surface area contributed by atoms with Gasteiger partial charge in [0.2, 0.25) is 0 Å².